The fourth-order valence-corrected chi connectivity index (χ4v) is 1.48. The van der Waals surface area contributed by atoms with Crippen LogP contribution in [0, 0.1) is 5.41 Å². The minimum atomic E-state index is -0.693. The summed E-state index contributed by atoms with van der Waals surface area (Å²) in [6.07, 6.45) is -0.693. The number of allylic oxidation sites excluding steroid dienone is 1. The first-order valence-corrected chi connectivity index (χ1v) is 6.02. The van der Waals surface area contributed by atoms with Crippen molar-refractivity contribution in [3.05, 3.63) is 11.4 Å². The van der Waals surface area contributed by atoms with E-state index in [-0.39, 0.29) is 23.0 Å². The molecule has 2 amide bonds. The summed E-state index contributed by atoms with van der Waals surface area (Å²) in [5.41, 5.74) is -0.251. The maximum atomic E-state index is 11.7. The van der Waals surface area contributed by atoms with Crippen molar-refractivity contribution >= 4 is 17.7 Å². The van der Waals surface area contributed by atoms with Crippen LogP contribution in [0.5, 0.6) is 0 Å². The molecule has 0 aliphatic carbocycles. The van der Waals surface area contributed by atoms with Gasteiger partial charge in [0.2, 0.25) is 0 Å². The van der Waals surface area contributed by atoms with Crippen LogP contribution in [0.4, 0.5) is 4.79 Å². The van der Waals surface area contributed by atoms with Crippen LogP contribution in [0.2, 0.25) is 0 Å². The summed E-state index contributed by atoms with van der Waals surface area (Å²) >= 11 is 0. The van der Waals surface area contributed by atoms with Gasteiger partial charge >= 0.3 is 6.09 Å². The van der Waals surface area contributed by atoms with Gasteiger partial charge in [-0.1, -0.05) is 0 Å². The summed E-state index contributed by atoms with van der Waals surface area (Å²) < 4.78 is 5.10. The molecule has 0 unspecified atom stereocenters. The average Bonchev–Trinajstić information content (AvgIpc) is 2.24. The number of ether oxygens (including phenoxy) is 1. The molecule has 0 bridgehead atoms. The van der Waals surface area contributed by atoms with E-state index in [0.717, 1.165) is 0 Å². The highest BCUT2D eigenvalue weighted by molar-refractivity contribution is 6.07. The Kier molecular flexibility index (Phi) is 4.52. The van der Waals surface area contributed by atoms with Crippen LogP contribution in [0.15, 0.2) is 11.4 Å². The van der Waals surface area contributed by atoms with E-state index in [2.05, 4.69) is 16.0 Å². The van der Waals surface area contributed by atoms with Gasteiger partial charge in [-0.15, -0.1) is 0 Å². The van der Waals surface area contributed by atoms with E-state index in [1.54, 1.807) is 20.8 Å². The number of amides is 2. The molecule has 1 saturated heterocycles. The number of hydrogen-bond donors (Lipinski definition) is 4. The van der Waals surface area contributed by atoms with Gasteiger partial charge in [-0.3, -0.25) is 10.1 Å². The van der Waals surface area contributed by atoms with Crippen molar-refractivity contribution in [3.63, 3.8) is 0 Å². The smallest absolute Gasteiger partial charge is 0.412 e. The highest BCUT2D eigenvalue weighted by Crippen LogP contribution is 2.09. The zero-order chi connectivity index (χ0) is 14.6. The topological polar surface area (TPSA) is 103 Å². The Balaban J connectivity index is 2.90. The number of carbonyl (C=O) groups is 2. The van der Waals surface area contributed by atoms with Crippen LogP contribution in [0.25, 0.3) is 0 Å². The first-order valence-electron chi connectivity index (χ1n) is 6.02. The highest BCUT2D eigenvalue weighted by atomic mass is 16.6. The summed E-state index contributed by atoms with van der Waals surface area (Å²) in [7, 11) is 0. The largest absolute Gasteiger partial charge is 0.444 e. The number of hydrogen-bond acceptors (Lipinski definition) is 5. The summed E-state index contributed by atoms with van der Waals surface area (Å²) in [4.78, 5) is 23.4. The van der Waals surface area contributed by atoms with E-state index < -0.39 is 11.7 Å². The Morgan fingerprint density at radius 3 is 2.37 bits per heavy atom. The first kappa shape index (κ1) is 15.0. The zero-order valence-corrected chi connectivity index (χ0v) is 11.6. The molecular formula is C12H20N4O3. The molecular weight excluding hydrogens is 248 g/mol. The minimum Gasteiger partial charge on any atom is -0.444 e. The number of rotatable bonds is 2. The second-order valence-electron chi connectivity index (χ2n) is 5.18. The van der Waals surface area contributed by atoms with Crippen LogP contribution in [0.1, 0.15) is 27.7 Å². The Labute approximate surface area is 112 Å². The lowest BCUT2D eigenvalue weighted by Crippen LogP contribution is -2.46. The van der Waals surface area contributed by atoms with Crippen LogP contribution >= 0.6 is 0 Å². The molecule has 0 aromatic heterocycles. The van der Waals surface area contributed by atoms with Crippen molar-refractivity contribution in [2.45, 2.75) is 33.3 Å². The van der Waals surface area contributed by atoms with Crippen molar-refractivity contribution in [3.8, 4) is 0 Å². The number of alkyl carbamates (subject to hydrolysis) is 1. The lowest BCUT2D eigenvalue weighted by atomic mass is 10.2. The van der Waals surface area contributed by atoms with E-state index >= 15 is 0 Å². The molecule has 0 spiro atoms. The molecule has 0 atom stereocenters. The number of carbonyl (C=O) groups excluding carboxylic acids is 2. The Morgan fingerprint density at radius 2 is 1.89 bits per heavy atom. The van der Waals surface area contributed by atoms with E-state index in [9.17, 15) is 9.59 Å². The molecule has 0 radical (unpaired) electrons. The van der Waals surface area contributed by atoms with E-state index in [1.165, 1.54) is 6.92 Å². The van der Waals surface area contributed by atoms with Crippen molar-refractivity contribution in [2.75, 3.05) is 13.1 Å². The molecule has 7 nitrogen and oxygen atoms in total. The van der Waals surface area contributed by atoms with Crippen LogP contribution in [-0.4, -0.2) is 36.4 Å². The Bertz CT molecular complexity index is 435. The van der Waals surface area contributed by atoms with Gasteiger partial charge in [-0.05, 0) is 27.7 Å². The van der Waals surface area contributed by atoms with Crippen molar-refractivity contribution < 1.29 is 14.3 Å². The molecule has 0 aromatic carbocycles. The van der Waals surface area contributed by atoms with E-state index in [0.29, 0.717) is 13.1 Å². The summed E-state index contributed by atoms with van der Waals surface area (Å²) in [5.74, 6) is -0.344. The first-order chi connectivity index (χ1) is 8.70. The van der Waals surface area contributed by atoms with Crippen LogP contribution < -0.4 is 16.0 Å². The standard InChI is InChI=1S/C12H20N4O3/c1-7(13)8(9-10(17)15-6-5-14-9)16-11(18)19-12(2,3)4/h13-14H,5-6H2,1-4H3,(H,15,17)(H,16,18)/b9-8+,13-7?. The molecule has 1 aliphatic rings. The molecule has 0 saturated carbocycles. The van der Waals surface area contributed by atoms with Crippen molar-refractivity contribution in [1.29, 1.82) is 5.41 Å². The summed E-state index contributed by atoms with van der Waals surface area (Å²) in [5, 5.41) is 15.6. The third-order valence-electron chi connectivity index (χ3n) is 2.19. The van der Waals surface area contributed by atoms with Gasteiger partial charge in [-0.2, -0.15) is 0 Å². The molecule has 7 heteroatoms. The van der Waals surface area contributed by atoms with Gasteiger partial charge in [0, 0.05) is 13.1 Å². The highest BCUT2D eigenvalue weighted by Gasteiger charge is 2.23. The van der Waals surface area contributed by atoms with Crippen LogP contribution in [-0.2, 0) is 9.53 Å². The summed E-state index contributed by atoms with van der Waals surface area (Å²) in [6, 6.07) is 0. The zero-order valence-electron chi connectivity index (χ0n) is 11.6. The third-order valence-corrected chi connectivity index (χ3v) is 2.19. The quantitative estimate of drug-likeness (QED) is 0.432. The van der Waals surface area contributed by atoms with Crippen LogP contribution in [0.3, 0.4) is 0 Å². The lowest BCUT2D eigenvalue weighted by Gasteiger charge is -2.23. The van der Waals surface area contributed by atoms with E-state index in [4.69, 9.17) is 10.1 Å². The molecule has 106 valence electrons. The van der Waals surface area contributed by atoms with Gasteiger partial charge < -0.3 is 20.8 Å². The predicted molar refractivity (Wildman–Crippen MR) is 70.8 cm³/mol. The van der Waals surface area contributed by atoms with Gasteiger partial charge in [0.25, 0.3) is 5.91 Å². The maximum Gasteiger partial charge on any atom is 0.412 e. The molecule has 19 heavy (non-hydrogen) atoms. The average molecular weight is 268 g/mol. The second kappa shape index (κ2) is 5.73. The lowest BCUT2D eigenvalue weighted by molar-refractivity contribution is -0.118. The second-order valence-corrected chi connectivity index (χ2v) is 5.18. The SMILES string of the molecule is CC(=N)/C(NC(=O)OC(C)(C)C)=C1\NCCNC1=O. The normalized spacial score (nSPS) is 18.0. The molecule has 0 aromatic rings. The van der Waals surface area contributed by atoms with Crippen molar-refractivity contribution in [2.24, 2.45) is 0 Å². The third kappa shape index (κ3) is 4.61. The minimum absolute atomic E-state index is 0.0745. The Morgan fingerprint density at radius 1 is 1.32 bits per heavy atom. The molecule has 1 rings (SSSR count). The molecule has 1 heterocycles. The molecule has 1 fully saturated rings. The van der Waals surface area contributed by atoms with Gasteiger partial charge in [0.05, 0.1) is 11.4 Å². The van der Waals surface area contributed by atoms with Crippen molar-refractivity contribution in [1.82, 2.24) is 16.0 Å². The number of nitrogens with one attached hydrogen (secondary N) is 4. The number of piperazine rings is 1. The Hall–Kier alpha value is -2.05. The fraction of sp³-hybridized carbons (Fsp3) is 0.583. The monoisotopic (exact) mass is 268 g/mol. The van der Waals surface area contributed by atoms with Gasteiger partial charge in [0.15, 0.2) is 0 Å². The predicted octanol–water partition coefficient (Wildman–Crippen LogP) is 0.482. The molecule has 4 N–H and O–H groups in total. The maximum absolute atomic E-state index is 11.7. The van der Waals surface area contributed by atoms with Gasteiger partial charge in [-0.25, -0.2) is 4.79 Å². The van der Waals surface area contributed by atoms with Gasteiger partial charge in [0.1, 0.15) is 11.3 Å². The molecule has 1 aliphatic heterocycles. The fourth-order valence-electron chi connectivity index (χ4n) is 1.48. The van der Waals surface area contributed by atoms with E-state index in [1.807, 2.05) is 0 Å². The summed E-state index contributed by atoms with van der Waals surface area (Å²) in [6.45, 7) is 7.77.